The van der Waals surface area contributed by atoms with Crippen molar-refractivity contribution in [2.24, 2.45) is 0 Å². The Balaban J connectivity index is 0.00000225. The lowest BCUT2D eigenvalue weighted by Gasteiger charge is -2.38. The Kier molecular flexibility index (Phi) is 6.82. The third-order valence-corrected chi connectivity index (χ3v) is 4.74. The van der Waals surface area contributed by atoms with Gasteiger partial charge in [0.05, 0.1) is 12.0 Å². The third-order valence-electron chi connectivity index (χ3n) is 4.50. The van der Waals surface area contributed by atoms with Gasteiger partial charge in [0.2, 0.25) is 5.91 Å². The first-order valence-electron chi connectivity index (χ1n) is 8.09. The number of nitrogens with zero attached hydrogens (tertiary/aromatic N) is 1. The Bertz CT molecular complexity index is 741. The number of rotatable bonds is 3. The summed E-state index contributed by atoms with van der Waals surface area (Å²) in [7, 11) is 0. The molecule has 25 heavy (non-hydrogen) atoms. The molecule has 1 saturated heterocycles. The summed E-state index contributed by atoms with van der Waals surface area (Å²) >= 11 is 6.10. The van der Waals surface area contributed by atoms with Crippen LogP contribution >= 0.6 is 24.0 Å². The van der Waals surface area contributed by atoms with Crippen LogP contribution in [0.4, 0.5) is 4.39 Å². The van der Waals surface area contributed by atoms with Crippen molar-refractivity contribution in [3.8, 4) is 0 Å². The Hall–Kier alpha value is -1.62. The zero-order chi connectivity index (χ0) is 17.1. The second-order valence-electron chi connectivity index (χ2n) is 6.05. The maximum absolute atomic E-state index is 14.0. The molecular formula is C19H21Cl2FN2O. The Morgan fingerprint density at radius 3 is 2.76 bits per heavy atom. The SMILES string of the molecule is CC(C(=O)N1CCNCC1c1cccc(Cl)c1)c1ccccc1F.Cl. The van der Waals surface area contributed by atoms with E-state index in [4.69, 9.17) is 11.6 Å². The molecule has 0 spiro atoms. The average molecular weight is 383 g/mol. The molecule has 2 aromatic carbocycles. The molecule has 0 bridgehead atoms. The first-order chi connectivity index (χ1) is 11.6. The third kappa shape index (κ3) is 4.32. The van der Waals surface area contributed by atoms with Gasteiger partial charge in [0.15, 0.2) is 0 Å². The standard InChI is InChI=1S/C19H20ClFN2O.ClH/c1-13(16-7-2-3-8-17(16)21)19(24)23-10-9-22-12-18(23)14-5-4-6-15(20)11-14;/h2-8,11,13,18,22H,9-10,12H2,1H3;1H. The summed E-state index contributed by atoms with van der Waals surface area (Å²) in [5, 5.41) is 3.96. The molecule has 2 aromatic rings. The molecule has 1 N–H and O–H groups in total. The van der Waals surface area contributed by atoms with Crippen LogP contribution in [0.5, 0.6) is 0 Å². The minimum absolute atomic E-state index is 0. The van der Waals surface area contributed by atoms with Crippen LogP contribution in [0.3, 0.4) is 0 Å². The Labute approximate surface area is 158 Å². The van der Waals surface area contributed by atoms with Gasteiger partial charge in [-0.2, -0.15) is 0 Å². The van der Waals surface area contributed by atoms with E-state index in [0.29, 0.717) is 23.7 Å². The van der Waals surface area contributed by atoms with Gasteiger partial charge in [-0.05, 0) is 36.2 Å². The summed E-state index contributed by atoms with van der Waals surface area (Å²) in [5.41, 5.74) is 1.43. The van der Waals surface area contributed by atoms with Crippen molar-refractivity contribution < 1.29 is 9.18 Å². The van der Waals surface area contributed by atoms with Crippen molar-refractivity contribution in [3.05, 3.63) is 70.5 Å². The average Bonchev–Trinajstić information content (AvgIpc) is 2.61. The van der Waals surface area contributed by atoms with Crippen LogP contribution in [0.25, 0.3) is 0 Å². The summed E-state index contributed by atoms with van der Waals surface area (Å²) < 4.78 is 14.0. The fourth-order valence-electron chi connectivity index (χ4n) is 3.19. The van der Waals surface area contributed by atoms with Crippen LogP contribution in [0, 0.1) is 5.82 Å². The summed E-state index contributed by atoms with van der Waals surface area (Å²) in [6, 6.07) is 13.9. The van der Waals surface area contributed by atoms with Crippen LogP contribution in [0.15, 0.2) is 48.5 Å². The van der Waals surface area contributed by atoms with Crippen LogP contribution in [-0.2, 0) is 4.79 Å². The first kappa shape index (κ1) is 19.7. The zero-order valence-corrected chi connectivity index (χ0v) is 15.5. The number of carbonyl (C=O) groups is 1. The summed E-state index contributed by atoms with van der Waals surface area (Å²) in [6.45, 7) is 3.75. The quantitative estimate of drug-likeness (QED) is 0.863. The number of hydrogen-bond acceptors (Lipinski definition) is 2. The molecule has 0 aromatic heterocycles. The number of carbonyl (C=O) groups excluding carboxylic acids is 1. The molecule has 0 radical (unpaired) electrons. The van der Waals surface area contributed by atoms with Crippen molar-refractivity contribution in [2.45, 2.75) is 18.9 Å². The van der Waals surface area contributed by atoms with Crippen molar-refractivity contribution in [1.29, 1.82) is 0 Å². The van der Waals surface area contributed by atoms with E-state index < -0.39 is 5.92 Å². The summed E-state index contributed by atoms with van der Waals surface area (Å²) in [4.78, 5) is 14.9. The minimum Gasteiger partial charge on any atom is -0.333 e. The van der Waals surface area contributed by atoms with E-state index >= 15 is 0 Å². The molecule has 3 rings (SSSR count). The summed E-state index contributed by atoms with van der Waals surface area (Å²) in [6.07, 6.45) is 0. The van der Waals surface area contributed by atoms with Gasteiger partial charge in [0.25, 0.3) is 0 Å². The maximum Gasteiger partial charge on any atom is 0.230 e. The molecular weight excluding hydrogens is 362 g/mol. The molecule has 1 heterocycles. The van der Waals surface area contributed by atoms with E-state index in [-0.39, 0.29) is 30.2 Å². The van der Waals surface area contributed by atoms with Gasteiger partial charge in [-0.25, -0.2) is 4.39 Å². The molecule has 0 aliphatic carbocycles. The van der Waals surface area contributed by atoms with E-state index in [1.165, 1.54) is 6.07 Å². The molecule has 1 fully saturated rings. The predicted molar refractivity (Wildman–Crippen MR) is 101 cm³/mol. The van der Waals surface area contributed by atoms with E-state index in [1.807, 2.05) is 29.2 Å². The van der Waals surface area contributed by atoms with E-state index in [1.54, 1.807) is 25.1 Å². The molecule has 3 nitrogen and oxygen atoms in total. The van der Waals surface area contributed by atoms with Crippen molar-refractivity contribution in [1.82, 2.24) is 10.2 Å². The molecule has 1 aliphatic rings. The number of halogens is 3. The Morgan fingerprint density at radius 1 is 1.28 bits per heavy atom. The van der Waals surface area contributed by atoms with E-state index in [9.17, 15) is 9.18 Å². The summed E-state index contributed by atoms with van der Waals surface area (Å²) in [5.74, 6) is -0.926. The Morgan fingerprint density at radius 2 is 2.04 bits per heavy atom. The molecule has 134 valence electrons. The van der Waals surface area contributed by atoms with Crippen LogP contribution in [-0.4, -0.2) is 30.4 Å². The second kappa shape index (κ2) is 8.65. The van der Waals surface area contributed by atoms with Gasteiger partial charge in [-0.3, -0.25) is 4.79 Å². The van der Waals surface area contributed by atoms with Gasteiger partial charge in [-0.1, -0.05) is 41.9 Å². The molecule has 0 saturated carbocycles. The van der Waals surface area contributed by atoms with Crippen molar-refractivity contribution in [3.63, 3.8) is 0 Å². The number of nitrogens with one attached hydrogen (secondary N) is 1. The molecule has 1 amide bonds. The molecule has 2 unspecified atom stereocenters. The number of hydrogen-bond donors (Lipinski definition) is 1. The van der Waals surface area contributed by atoms with Crippen molar-refractivity contribution >= 4 is 29.9 Å². The highest BCUT2D eigenvalue weighted by atomic mass is 35.5. The highest BCUT2D eigenvalue weighted by Crippen LogP contribution is 2.29. The largest absolute Gasteiger partial charge is 0.333 e. The topological polar surface area (TPSA) is 32.3 Å². The lowest BCUT2D eigenvalue weighted by atomic mass is 9.96. The van der Waals surface area contributed by atoms with Crippen LogP contribution < -0.4 is 5.32 Å². The smallest absolute Gasteiger partial charge is 0.230 e. The molecule has 1 aliphatic heterocycles. The van der Waals surface area contributed by atoms with Crippen molar-refractivity contribution in [2.75, 3.05) is 19.6 Å². The van der Waals surface area contributed by atoms with Gasteiger partial charge >= 0.3 is 0 Å². The number of amides is 1. The van der Waals surface area contributed by atoms with Gasteiger partial charge in [-0.15, -0.1) is 12.4 Å². The van der Waals surface area contributed by atoms with Gasteiger partial charge in [0, 0.05) is 24.7 Å². The van der Waals surface area contributed by atoms with E-state index in [0.717, 1.165) is 12.1 Å². The first-order valence-corrected chi connectivity index (χ1v) is 8.47. The lowest BCUT2D eigenvalue weighted by Crippen LogP contribution is -2.49. The predicted octanol–water partition coefficient (Wildman–Crippen LogP) is 4.18. The lowest BCUT2D eigenvalue weighted by molar-refractivity contribution is -0.135. The van der Waals surface area contributed by atoms with Gasteiger partial charge in [0.1, 0.15) is 5.82 Å². The monoisotopic (exact) mass is 382 g/mol. The fourth-order valence-corrected chi connectivity index (χ4v) is 3.39. The van der Waals surface area contributed by atoms with Crippen LogP contribution in [0.1, 0.15) is 30.0 Å². The molecule has 2 atom stereocenters. The second-order valence-corrected chi connectivity index (χ2v) is 6.49. The van der Waals surface area contributed by atoms with Crippen LogP contribution in [0.2, 0.25) is 5.02 Å². The molecule has 6 heteroatoms. The number of benzene rings is 2. The zero-order valence-electron chi connectivity index (χ0n) is 13.9. The minimum atomic E-state index is -0.522. The fraction of sp³-hybridized carbons (Fsp3) is 0.316. The maximum atomic E-state index is 14.0. The van der Waals surface area contributed by atoms with E-state index in [2.05, 4.69) is 5.32 Å². The highest BCUT2D eigenvalue weighted by molar-refractivity contribution is 6.30. The normalized spacial score (nSPS) is 18.4. The highest BCUT2D eigenvalue weighted by Gasteiger charge is 2.32. The van der Waals surface area contributed by atoms with Gasteiger partial charge < -0.3 is 10.2 Å². The number of piperazine rings is 1.